The van der Waals surface area contributed by atoms with Gasteiger partial charge in [0.15, 0.2) is 5.82 Å². The summed E-state index contributed by atoms with van der Waals surface area (Å²) in [5.74, 6) is -0.307. The number of fused-ring (bicyclic) bond motifs is 1. The van der Waals surface area contributed by atoms with Crippen molar-refractivity contribution >= 4 is 42.8 Å². The number of halogens is 3. The summed E-state index contributed by atoms with van der Waals surface area (Å²) in [7, 11) is 0. The minimum atomic E-state index is -0.307. The second-order valence-corrected chi connectivity index (χ2v) is 4.66. The molecule has 0 N–H and O–H groups in total. The summed E-state index contributed by atoms with van der Waals surface area (Å²) in [4.78, 5) is 4.10. The van der Waals surface area contributed by atoms with Crippen molar-refractivity contribution < 1.29 is 4.39 Å². The van der Waals surface area contributed by atoms with Gasteiger partial charge in [-0.05, 0) is 46.6 Å². The maximum Gasteiger partial charge on any atom is 0.150 e. The number of aromatic nitrogens is 1. The smallest absolute Gasteiger partial charge is 0.150 e. The Balaban J connectivity index is 2.94. The Bertz CT molecular complexity index is 511. The van der Waals surface area contributed by atoms with Gasteiger partial charge in [0.25, 0.3) is 0 Å². The molecule has 14 heavy (non-hydrogen) atoms. The first-order chi connectivity index (χ1) is 6.59. The third kappa shape index (κ3) is 1.57. The number of pyridine rings is 1. The van der Waals surface area contributed by atoms with Crippen LogP contribution in [0.15, 0.2) is 27.3 Å². The Labute approximate surface area is 97.6 Å². The number of nitrogens with zero attached hydrogens (tertiary/aromatic N) is 1. The molecular weight excluding hydrogens is 313 g/mol. The van der Waals surface area contributed by atoms with E-state index in [1.807, 2.05) is 13.0 Å². The van der Waals surface area contributed by atoms with Gasteiger partial charge in [-0.15, -0.1) is 0 Å². The van der Waals surface area contributed by atoms with Gasteiger partial charge in [0, 0.05) is 9.86 Å². The van der Waals surface area contributed by atoms with Gasteiger partial charge < -0.3 is 0 Å². The Kier molecular flexibility index (Phi) is 2.58. The molecule has 0 bridgehead atoms. The van der Waals surface area contributed by atoms with E-state index in [4.69, 9.17) is 0 Å². The Hall–Kier alpha value is -0.480. The molecule has 0 spiro atoms. The second kappa shape index (κ2) is 3.59. The summed E-state index contributed by atoms with van der Waals surface area (Å²) in [5.41, 5.74) is 1.40. The third-order valence-electron chi connectivity index (χ3n) is 2.10. The van der Waals surface area contributed by atoms with Crippen molar-refractivity contribution in [3.8, 4) is 0 Å². The number of hydrogen-bond donors (Lipinski definition) is 0. The SMILES string of the molecule is Cc1c(Br)cc(F)c2nc(Br)ccc12. The average Bonchev–Trinajstić information content (AvgIpc) is 2.14. The normalized spacial score (nSPS) is 10.9. The first-order valence-electron chi connectivity index (χ1n) is 4.00. The molecule has 2 aromatic rings. The van der Waals surface area contributed by atoms with E-state index < -0.39 is 0 Å². The van der Waals surface area contributed by atoms with Crippen molar-refractivity contribution in [2.24, 2.45) is 0 Å². The fraction of sp³-hybridized carbons (Fsp3) is 0.100. The number of hydrogen-bond acceptors (Lipinski definition) is 1. The van der Waals surface area contributed by atoms with Gasteiger partial charge >= 0.3 is 0 Å². The maximum absolute atomic E-state index is 13.5. The third-order valence-corrected chi connectivity index (χ3v) is 3.37. The van der Waals surface area contributed by atoms with Crippen LogP contribution >= 0.6 is 31.9 Å². The van der Waals surface area contributed by atoms with Crippen molar-refractivity contribution in [3.63, 3.8) is 0 Å². The monoisotopic (exact) mass is 317 g/mol. The molecule has 1 aromatic heterocycles. The van der Waals surface area contributed by atoms with E-state index >= 15 is 0 Å². The fourth-order valence-electron chi connectivity index (χ4n) is 1.34. The summed E-state index contributed by atoms with van der Waals surface area (Å²) in [6, 6.07) is 5.11. The van der Waals surface area contributed by atoms with Crippen LogP contribution in [0.5, 0.6) is 0 Å². The molecular formula is C10H6Br2FN. The Morgan fingerprint density at radius 3 is 2.71 bits per heavy atom. The highest BCUT2D eigenvalue weighted by Crippen LogP contribution is 2.28. The van der Waals surface area contributed by atoms with E-state index in [0.717, 1.165) is 15.4 Å². The molecule has 0 saturated heterocycles. The fourth-order valence-corrected chi connectivity index (χ4v) is 2.06. The van der Waals surface area contributed by atoms with E-state index in [1.165, 1.54) is 6.07 Å². The number of rotatable bonds is 0. The van der Waals surface area contributed by atoms with Crippen molar-refractivity contribution in [2.45, 2.75) is 6.92 Å². The summed E-state index contributed by atoms with van der Waals surface area (Å²) in [6.07, 6.45) is 0. The molecule has 4 heteroatoms. The zero-order valence-corrected chi connectivity index (χ0v) is 10.5. The molecule has 2 rings (SSSR count). The Morgan fingerprint density at radius 2 is 2.00 bits per heavy atom. The molecule has 0 radical (unpaired) electrons. The van der Waals surface area contributed by atoms with Crippen LogP contribution < -0.4 is 0 Å². The molecule has 1 aromatic carbocycles. The minimum absolute atomic E-state index is 0.307. The summed E-state index contributed by atoms with van der Waals surface area (Å²) < 4.78 is 14.9. The molecule has 0 atom stereocenters. The first-order valence-corrected chi connectivity index (χ1v) is 5.59. The molecule has 0 fully saturated rings. The molecule has 0 amide bonds. The summed E-state index contributed by atoms with van der Waals surface area (Å²) in [5, 5.41) is 0.833. The van der Waals surface area contributed by atoms with Crippen LogP contribution in [0.4, 0.5) is 4.39 Å². The maximum atomic E-state index is 13.5. The van der Waals surface area contributed by atoms with Gasteiger partial charge in [-0.25, -0.2) is 9.37 Å². The van der Waals surface area contributed by atoms with Gasteiger partial charge in [-0.1, -0.05) is 15.9 Å². The zero-order valence-electron chi connectivity index (χ0n) is 7.31. The summed E-state index contributed by atoms with van der Waals surface area (Å²) in [6.45, 7) is 1.93. The van der Waals surface area contributed by atoms with Crippen LogP contribution in [0.3, 0.4) is 0 Å². The van der Waals surface area contributed by atoms with Crippen LogP contribution in [-0.4, -0.2) is 4.98 Å². The first kappa shape index (κ1) is 10.1. The molecule has 0 unspecified atom stereocenters. The summed E-state index contributed by atoms with van der Waals surface area (Å²) >= 11 is 6.53. The van der Waals surface area contributed by atoms with Crippen LogP contribution in [-0.2, 0) is 0 Å². The molecule has 0 saturated carbocycles. The van der Waals surface area contributed by atoms with Crippen molar-refractivity contribution in [1.29, 1.82) is 0 Å². The highest BCUT2D eigenvalue weighted by Gasteiger charge is 2.08. The van der Waals surface area contributed by atoms with Gasteiger partial charge in [-0.2, -0.15) is 0 Å². The second-order valence-electron chi connectivity index (χ2n) is 3.00. The highest BCUT2D eigenvalue weighted by atomic mass is 79.9. The van der Waals surface area contributed by atoms with Crippen molar-refractivity contribution in [1.82, 2.24) is 4.98 Å². The standard InChI is InChI=1S/C10H6Br2FN/c1-5-6-2-3-9(12)14-10(6)8(13)4-7(5)11/h2-4H,1H3. The molecule has 0 aliphatic heterocycles. The van der Waals surface area contributed by atoms with Crippen LogP contribution in [0.2, 0.25) is 0 Å². The molecule has 1 heterocycles. The van der Waals surface area contributed by atoms with Gasteiger partial charge in [-0.3, -0.25) is 0 Å². The van der Waals surface area contributed by atoms with Crippen molar-refractivity contribution in [2.75, 3.05) is 0 Å². The van der Waals surface area contributed by atoms with Crippen LogP contribution in [0, 0.1) is 12.7 Å². The van der Waals surface area contributed by atoms with E-state index in [2.05, 4.69) is 36.8 Å². The lowest BCUT2D eigenvalue weighted by molar-refractivity contribution is 0.635. The van der Waals surface area contributed by atoms with E-state index in [1.54, 1.807) is 6.07 Å². The lowest BCUT2D eigenvalue weighted by Crippen LogP contribution is -1.89. The average molecular weight is 319 g/mol. The Morgan fingerprint density at radius 1 is 1.29 bits per heavy atom. The molecule has 0 aliphatic rings. The lowest BCUT2D eigenvalue weighted by atomic mass is 10.1. The highest BCUT2D eigenvalue weighted by molar-refractivity contribution is 9.10. The number of benzene rings is 1. The molecule has 1 nitrogen and oxygen atoms in total. The topological polar surface area (TPSA) is 12.9 Å². The lowest BCUT2D eigenvalue weighted by Gasteiger charge is -2.05. The predicted octanol–water partition coefficient (Wildman–Crippen LogP) is 4.21. The van der Waals surface area contributed by atoms with Crippen LogP contribution in [0.1, 0.15) is 5.56 Å². The number of aryl methyl sites for hydroxylation is 1. The zero-order chi connectivity index (χ0) is 10.3. The van der Waals surface area contributed by atoms with E-state index in [-0.39, 0.29) is 5.82 Å². The predicted molar refractivity (Wildman–Crippen MR) is 61.8 cm³/mol. The van der Waals surface area contributed by atoms with E-state index in [0.29, 0.717) is 10.1 Å². The molecule has 72 valence electrons. The molecule has 0 aliphatic carbocycles. The van der Waals surface area contributed by atoms with E-state index in [9.17, 15) is 4.39 Å². The van der Waals surface area contributed by atoms with Gasteiger partial charge in [0.2, 0.25) is 0 Å². The van der Waals surface area contributed by atoms with Crippen LogP contribution in [0.25, 0.3) is 10.9 Å². The quantitative estimate of drug-likeness (QED) is 0.663. The largest absolute Gasteiger partial charge is 0.238 e. The van der Waals surface area contributed by atoms with Crippen molar-refractivity contribution in [3.05, 3.63) is 38.7 Å². The minimum Gasteiger partial charge on any atom is -0.238 e. The van der Waals surface area contributed by atoms with Gasteiger partial charge in [0.05, 0.1) is 0 Å². The van der Waals surface area contributed by atoms with Gasteiger partial charge in [0.1, 0.15) is 10.1 Å².